The van der Waals surface area contributed by atoms with Crippen LogP contribution in [-0.2, 0) is 4.74 Å². The number of nitrogens with two attached hydrogens (primary N) is 1. The van der Waals surface area contributed by atoms with Crippen molar-refractivity contribution < 1.29 is 19.6 Å². The second-order valence-electron chi connectivity index (χ2n) is 3.94. The molecule has 0 saturated carbocycles. The highest BCUT2D eigenvalue weighted by Crippen LogP contribution is 2.22. The van der Waals surface area contributed by atoms with Gasteiger partial charge >= 0.3 is 12.1 Å². The number of primary amides is 1. The van der Waals surface area contributed by atoms with Crippen molar-refractivity contribution in [2.75, 3.05) is 6.61 Å². The van der Waals surface area contributed by atoms with E-state index in [-0.39, 0.29) is 12.6 Å². The average Bonchev–Trinajstić information content (AvgIpc) is 2.94. The monoisotopic (exact) mass is 291 g/mol. The van der Waals surface area contributed by atoms with Gasteiger partial charge in [0, 0.05) is 0 Å². The zero-order valence-electron chi connectivity index (χ0n) is 12.0. The Morgan fingerprint density at radius 3 is 2.57 bits per heavy atom. The van der Waals surface area contributed by atoms with Crippen molar-refractivity contribution in [3.8, 4) is 0 Å². The van der Waals surface area contributed by atoms with Gasteiger partial charge in [0.15, 0.2) is 17.2 Å². The van der Waals surface area contributed by atoms with E-state index in [0.717, 1.165) is 5.56 Å². The summed E-state index contributed by atoms with van der Waals surface area (Å²) < 4.78 is 5.52. The van der Waals surface area contributed by atoms with Gasteiger partial charge in [-0.15, -0.1) is 0 Å². The van der Waals surface area contributed by atoms with Crippen LogP contribution in [0, 0.1) is 6.57 Å². The van der Waals surface area contributed by atoms with Crippen molar-refractivity contribution in [1.82, 2.24) is 5.01 Å². The van der Waals surface area contributed by atoms with Crippen LogP contribution < -0.4 is 10.7 Å². The minimum atomic E-state index is -0.942. The molecule has 21 heavy (non-hydrogen) atoms. The number of carbonyl (C=O) groups is 1. The van der Waals surface area contributed by atoms with Crippen LogP contribution in [0.1, 0.15) is 25.5 Å². The first kappa shape index (κ1) is 16.5. The lowest BCUT2D eigenvalue weighted by Gasteiger charge is -2.13. The molecule has 0 fully saturated rings. The Labute approximate surface area is 123 Å². The fraction of sp³-hybridized carbons (Fsp3) is 0.357. The number of hydrogen-bond donors (Lipinski definition) is 3. The predicted octanol–water partition coefficient (Wildman–Crippen LogP) is -0.203. The van der Waals surface area contributed by atoms with Gasteiger partial charge in [-0.3, -0.25) is 0 Å². The number of aliphatic hydroxyl groups excluding tert-OH is 1. The van der Waals surface area contributed by atoms with Crippen molar-refractivity contribution in [2.45, 2.75) is 26.0 Å². The van der Waals surface area contributed by atoms with Gasteiger partial charge in [0.2, 0.25) is 0 Å². The molecule has 0 aromatic heterocycles. The first-order chi connectivity index (χ1) is 10.2. The summed E-state index contributed by atoms with van der Waals surface area (Å²) in [6.07, 6.45) is -0.482. The van der Waals surface area contributed by atoms with Crippen LogP contribution in [-0.4, -0.2) is 34.8 Å². The first-order valence-electron chi connectivity index (χ1n) is 6.60. The van der Waals surface area contributed by atoms with E-state index in [0.29, 0.717) is 5.01 Å². The van der Waals surface area contributed by atoms with Crippen LogP contribution in [0.2, 0.25) is 0 Å². The van der Waals surface area contributed by atoms with Crippen LogP contribution >= 0.6 is 0 Å². The number of benzene rings is 1. The van der Waals surface area contributed by atoms with Crippen LogP contribution in [0.25, 0.3) is 4.95 Å². The van der Waals surface area contributed by atoms with Crippen LogP contribution in [0.5, 0.6) is 0 Å². The quantitative estimate of drug-likeness (QED) is 0.520. The van der Waals surface area contributed by atoms with Gasteiger partial charge in [-0.25, -0.2) is 9.79 Å². The largest absolute Gasteiger partial charge is 0.529 e. The second-order valence-corrected chi connectivity index (χ2v) is 3.94. The van der Waals surface area contributed by atoms with E-state index in [1.54, 1.807) is 0 Å². The minimum absolute atomic E-state index is 0.0598. The van der Waals surface area contributed by atoms with Gasteiger partial charge in [0.05, 0.1) is 6.61 Å². The number of urea groups is 1. The molecule has 4 N–H and O–H groups in total. The van der Waals surface area contributed by atoms with Crippen LogP contribution in [0.3, 0.4) is 0 Å². The number of aliphatic hydroxyl groups is 1. The third-order valence-corrected chi connectivity index (χ3v) is 2.74. The number of nitrogens with zero attached hydrogens (tertiary/aromatic N) is 2. The number of amidine groups is 1. The summed E-state index contributed by atoms with van der Waals surface area (Å²) in [7, 11) is 0. The smallest absolute Gasteiger partial charge is 0.414 e. The highest BCUT2D eigenvalue weighted by atomic mass is 16.5. The van der Waals surface area contributed by atoms with Gasteiger partial charge in [-0.1, -0.05) is 49.1 Å². The van der Waals surface area contributed by atoms with Gasteiger partial charge < -0.3 is 15.6 Å². The SMILES string of the molecule is CC.[C-]#[N+]N(C(N)=O)C1=[NH+]C(CO)C(c2ccccc2)O1. The molecule has 1 aromatic rings. The summed E-state index contributed by atoms with van der Waals surface area (Å²) in [5, 5.41) is 9.93. The molecule has 7 heteroatoms. The van der Waals surface area contributed by atoms with Crippen molar-refractivity contribution in [1.29, 1.82) is 0 Å². The third kappa shape index (κ3) is 3.70. The van der Waals surface area contributed by atoms with E-state index in [1.165, 1.54) is 0 Å². The third-order valence-electron chi connectivity index (χ3n) is 2.74. The van der Waals surface area contributed by atoms with Gasteiger partial charge in [0.25, 0.3) is 0 Å². The summed E-state index contributed by atoms with van der Waals surface area (Å²) >= 11 is 0. The molecule has 0 saturated heterocycles. The number of nitrogens with one attached hydrogen (secondary N) is 1. The Kier molecular flexibility index (Phi) is 6.17. The normalized spacial score (nSPS) is 19.4. The van der Waals surface area contributed by atoms with E-state index in [9.17, 15) is 9.90 Å². The molecule has 1 heterocycles. The van der Waals surface area contributed by atoms with E-state index in [4.69, 9.17) is 17.0 Å². The Balaban J connectivity index is 0.00000106. The Morgan fingerprint density at radius 1 is 1.48 bits per heavy atom. The summed E-state index contributed by atoms with van der Waals surface area (Å²) in [5.41, 5.74) is 5.90. The number of ether oxygens (including phenoxy) is 1. The molecule has 0 radical (unpaired) electrons. The molecule has 0 spiro atoms. The van der Waals surface area contributed by atoms with E-state index in [2.05, 4.69) is 9.95 Å². The maximum atomic E-state index is 11.1. The molecule has 2 amide bonds. The minimum Gasteiger partial charge on any atom is -0.414 e. The van der Waals surface area contributed by atoms with Crippen molar-refractivity contribution in [3.63, 3.8) is 0 Å². The van der Waals surface area contributed by atoms with Gasteiger partial charge in [0.1, 0.15) is 0 Å². The molecule has 1 aliphatic heterocycles. The van der Waals surface area contributed by atoms with Crippen molar-refractivity contribution in [3.05, 3.63) is 47.4 Å². The molecular weight excluding hydrogens is 272 g/mol. The maximum Gasteiger partial charge on any atom is 0.529 e. The molecule has 1 aliphatic rings. The van der Waals surface area contributed by atoms with Crippen molar-refractivity contribution in [2.24, 2.45) is 5.73 Å². The molecular formula is C14H19N4O3+. The lowest BCUT2D eigenvalue weighted by Crippen LogP contribution is -2.80. The predicted molar refractivity (Wildman–Crippen MR) is 76.5 cm³/mol. The molecule has 7 nitrogen and oxygen atoms in total. The molecule has 2 atom stereocenters. The Morgan fingerprint density at radius 2 is 2.10 bits per heavy atom. The van der Waals surface area contributed by atoms with E-state index in [1.807, 2.05) is 44.2 Å². The van der Waals surface area contributed by atoms with Gasteiger partial charge in [-0.2, -0.15) is 6.57 Å². The highest BCUT2D eigenvalue weighted by molar-refractivity contribution is 5.91. The average molecular weight is 291 g/mol. The standard InChI is InChI=1S/C12H12N4O3.C2H6/c1-14-16(11(13)18)12-15-9(7-17)10(19-12)8-5-3-2-4-6-8;1-2/h2-6,9-10,17H,7H2,(H2,13,18);1-2H3/p+1. The summed E-state index contributed by atoms with van der Waals surface area (Å²) in [4.78, 5) is 16.8. The summed E-state index contributed by atoms with van der Waals surface area (Å²) in [6.45, 7) is 10.7. The molecule has 112 valence electrons. The van der Waals surface area contributed by atoms with E-state index >= 15 is 0 Å². The fourth-order valence-corrected chi connectivity index (χ4v) is 1.86. The first-order valence-corrected chi connectivity index (χ1v) is 6.60. The second kappa shape index (κ2) is 7.87. The van der Waals surface area contributed by atoms with Crippen LogP contribution in [0.15, 0.2) is 30.3 Å². The Hall–Kier alpha value is -2.59. The molecule has 2 unspecified atom stereocenters. The zero-order chi connectivity index (χ0) is 15.8. The number of hydrogen-bond acceptors (Lipinski definition) is 3. The topological polar surface area (TPSA) is 94.1 Å². The van der Waals surface area contributed by atoms with E-state index < -0.39 is 18.2 Å². The molecule has 1 aromatic carbocycles. The number of amides is 2. The number of carbonyl (C=O) groups excluding carboxylic acids is 1. The lowest BCUT2D eigenvalue weighted by molar-refractivity contribution is -0.503. The van der Waals surface area contributed by atoms with Gasteiger partial charge in [-0.05, 0) is 5.56 Å². The zero-order valence-corrected chi connectivity index (χ0v) is 12.0. The van der Waals surface area contributed by atoms with Crippen molar-refractivity contribution >= 4 is 12.1 Å². The summed E-state index contributed by atoms with van der Waals surface area (Å²) in [6, 6.07) is 7.77. The number of rotatable bonds is 2. The molecule has 0 bridgehead atoms. The maximum absolute atomic E-state index is 11.1. The fourth-order valence-electron chi connectivity index (χ4n) is 1.86. The molecule has 2 rings (SSSR count). The summed E-state index contributed by atoms with van der Waals surface area (Å²) in [5.74, 6) is 0. The van der Waals surface area contributed by atoms with Crippen LogP contribution in [0.4, 0.5) is 4.79 Å². The lowest BCUT2D eigenvalue weighted by atomic mass is 10.0. The molecule has 0 aliphatic carbocycles. The Bertz CT molecular complexity index is 539. The highest BCUT2D eigenvalue weighted by Gasteiger charge is 2.45.